The van der Waals surface area contributed by atoms with Crippen LogP contribution in [0, 0.1) is 11.8 Å². The van der Waals surface area contributed by atoms with E-state index in [0.29, 0.717) is 43.6 Å². The first-order chi connectivity index (χ1) is 14.1. The molecule has 1 aromatic carbocycles. The molecule has 2 aliphatic heterocycles. The van der Waals surface area contributed by atoms with Crippen molar-refractivity contribution in [2.45, 2.75) is 16.2 Å². The van der Waals surface area contributed by atoms with E-state index in [2.05, 4.69) is 15.2 Å². The fourth-order valence-corrected chi connectivity index (χ4v) is 6.65. The molecule has 2 atom stereocenters. The van der Waals surface area contributed by atoms with E-state index in [-0.39, 0.29) is 15.5 Å². The van der Waals surface area contributed by atoms with Crippen LogP contribution in [0.5, 0.6) is 0 Å². The van der Waals surface area contributed by atoms with Crippen LogP contribution >= 0.6 is 0 Å². The highest BCUT2D eigenvalue weighted by Crippen LogP contribution is 2.34. The highest BCUT2D eigenvalue weighted by Gasteiger charge is 2.43. The van der Waals surface area contributed by atoms with Crippen LogP contribution in [0.4, 0.5) is 5.69 Å². The fourth-order valence-electron chi connectivity index (χ4n) is 4.26. The number of nitrogens with zero attached hydrogens (tertiary/aromatic N) is 3. The van der Waals surface area contributed by atoms with Crippen LogP contribution in [0.3, 0.4) is 0 Å². The predicted octanol–water partition coefficient (Wildman–Crippen LogP) is 0.159. The van der Waals surface area contributed by atoms with E-state index in [4.69, 9.17) is 9.56 Å². The van der Waals surface area contributed by atoms with Gasteiger partial charge in [-0.05, 0) is 37.1 Å². The van der Waals surface area contributed by atoms with Gasteiger partial charge >= 0.3 is 0 Å². The first-order valence-electron chi connectivity index (χ1n) is 9.61. The molecule has 2 saturated heterocycles. The second kappa shape index (κ2) is 7.93. The molecular weight excluding hydrogens is 430 g/mol. The van der Waals surface area contributed by atoms with Crippen molar-refractivity contribution >= 4 is 25.7 Å². The number of hydrogen-bond donors (Lipinski definition) is 2. The number of oxazole rings is 1. The van der Waals surface area contributed by atoms with Crippen molar-refractivity contribution in [2.24, 2.45) is 17.0 Å². The molecule has 3 heterocycles. The van der Waals surface area contributed by atoms with Gasteiger partial charge in [-0.25, -0.2) is 27.0 Å². The molecule has 4 rings (SSSR count). The van der Waals surface area contributed by atoms with Gasteiger partial charge in [0.25, 0.3) is 0 Å². The largest absolute Gasteiger partial charge is 0.451 e. The summed E-state index contributed by atoms with van der Waals surface area (Å²) in [5.41, 5.74) is 0.962. The number of rotatable bonds is 7. The predicted molar refractivity (Wildman–Crippen MR) is 110 cm³/mol. The molecule has 0 bridgehead atoms. The Balaban J connectivity index is 1.55. The number of nitrogens with two attached hydrogens (primary N) is 1. The highest BCUT2D eigenvalue weighted by atomic mass is 32.2. The maximum Gasteiger partial charge on any atom is 0.243 e. The van der Waals surface area contributed by atoms with Crippen molar-refractivity contribution in [1.82, 2.24) is 14.2 Å². The van der Waals surface area contributed by atoms with E-state index >= 15 is 0 Å². The summed E-state index contributed by atoms with van der Waals surface area (Å²) in [5.74, 6) is 0.611. The highest BCUT2D eigenvalue weighted by molar-refractivity contribution is 7.90. The van der Waals surface area contributed by atoms with E-state index < -0.39 is 20.0 Å². The molecule has 0 unspecified atom stereocenters. The maximum atomic E-state index is 13.1. The Labute approximate surface area is 176 Å². The molecular formula is C18H25N5O5S2. The van der Waals surface area contributed by atoms with Crippen molar-refractivity contribution in [3.8, 4) is 0 Å². The minimum atomic E-state index is -4.13. The summed E-state index contributed by atoms with van der Waals surface area (Å²) in [5, 5.41) is 8.36. The summed E-state index contributed by atoms with van der Waals surface area (Å²) in [6.07, 6.45) is 3.32. The van der Waals surface area contributed by atoms with Gasteiger partial charge in [-0.3, -0.25) is 0 Å². The van der Waals surface area contributed by atoms with Crippen molar-refractivity contribution in [3.63, 3.8) is 0 Å². The van der Waals surface area contributed by atoms with Gasteiger partial charge in [-0.1, -0.05) is 0 Å². The third-order valence-electron chi connectivity index (χ3n) is 5.71. The van der Waals surface area contributed by atoms with E-state index in [1.807, 2.05) is 7.05 Å². The first kappa shape index (κ1) is 21.2. The summed E-state index contributed by atoms with van der Waals surface area (Å²) in [6.45, 7) is 3.00. The molecule has 2 aliphatic rings. The SMILES string of the molecule is CN1C[C@@H]2CN(S(=O)(=O)c3ccc(NCCc4cocn4)c(S(N)(=O)=O)c3)C[C@@H]2C1. The molecule has 164 valence electrons. The van der Waals surface area contributed by atoms with E-state index in [1.165, 1.54) is 29.1 Å². The van der Waals surface area contributed by atoms with E-state index in [0.717, 1.165) is 19.2 Å². The number of likely N-dealkylation sites (tertiary alicyclic amines) is 1. The van der Waals surface area contributed by atoms with Gasteiger partial charge in [0, 0.05) is 39.1 Å². The molecule has 0 amide bonds. The Morgan fingerprint density at radius 3 is 2.47 bits per heavy atom. The molecule has 30 heavy (non-hydrogen) atoms. The number of anilines is 1. The summed E-state index contributed by atoms with van der Waals surface area (Å²) in [6, 6.07) is 4.01. The number of sulfonamides is 2. The van der Waals surface area contributed by atoms with Crippen LogP contribution < -0.4 is 10.5 Å². The lowest BCUT2D eigenvalue weighted by molar-refractivity contribution is 0.349. The smallest absolute Gasteiger partial charge is 0.243 e. The van der Waals surface area contributed by atoms with Crippen molar-refractivity contribution < 1.29 is 21.3 Å². The Morgan fingerprint density at radius 1 is 1.17 bits per heavy atom. The van der Waals surface area contributed by atoms with Gasteiger partial charge in [-0.2, -0.15) is 4.31 Å². The number of fused-ring (bicyclic) bond motifs is 1. The van der Waals surface area contributed by atoms with E-state index in [1.54, 1.807) is 0 Å². The van der Waals surface area contributed by atoms with Crippen LogP contribution in [-0.2, 0) is 26.5 Å². The standard InChI is InChI=1S/C18H25N5O5S2/c1-22-7-13-9-23(10-14(13)8-22)30(26,27)16-2-3-17(18(6-16)29(19,24)25)20-5-4-15-11-28-12-21-15/h2-3,6,11-14,20H,4-5,7-10H2,1H3,(H2,19,24,25)/t13-,14+. The van der Waals surface area contributed by atoms with Gasteiger partial charge in [0.15, 0.2) is 6.39 Å². The lowest BCUT2D eigenvalue weighted by atomic mass is 10.0. The Morgan fingerprint density at radius 2 is 1.87 bits per heavy atom. The molecule has 10 nitrogen and oxygen atoms in total. The Bertz CT molecular complexity index is 1100. The zero-order valence-corrected chi connectivity index (χ0v) is 18.2. The zero-order valence-electron chi connectivity index (χ0n) is 16.6. The number of benzene rings is 1. The van der Waals surface area contributed by atoms with Crippen molar-refractivity contribution in [1.29, 1.82) is 0 Å². The van der Waals surface area contributed by atoms with E-state index in [9.17, 15) is 16.8 Å². The van der Waals surface area contributed by atoms with Crippen LogP contribution in [0.15, 0.2) is 45.1 Å². The summed E-state index contributed by atoms with van der Waals surface area (Å²) in [4.78, 5) is 5.89. The number of aromatic nitrogens is 1. The number of primary sulfonamides is 1. The average Bonchev–Trinajstić information content (AvgIpc) is 3.37. The summed E-state index contributed by atoms with van der Waals surface area (Å²) >= 11 is 0. The molecule has 3 N–H and O–H groups in total. The molecule has 2 aromatic rings. The molecule has 0 aliphatic carbocycles. The van der Waals surface area contributed by atoms with Crippen molar-refractivity contribution in [3.05, 3.63) is 36.5 Å². The fraction of sp³-hybridized carbons (Fsp3) is 0.500. The molecule has 1 aromatic heterocycles. The molecule has 0 spiro atoms. The zero-order chi connectivity index (χ0) is 21.5. The quantitative estimate of drug-likeness (QED) is 0.602. The van der Waals surface area contributed by atoms with Gasteiger partial charge in [0.2, 0.25) is 20.0 Å². The summed E-state index contributed by atoms with van der Waals surface area (Å²) in [7, 11) is -5.91. The summed E-state index contributed by atoms with van der Waals surface area (Å²) < 4.78 is 56.9. The minimum Gasteiger partial charge on any atom is -0.451 e. The molecule has 2 fully saturated rings. The van der Waals surface area contributed by atoms with Gasteiger partial charge in [-0.15, -0.1) is 0 Å². The molecule has 0 saturated carbocycles. The topological polar surface area (TPSA) is 139 Å². The lowest BCUT2D eigenvalue weighted by Gasteiger charge is -2.20. The second-order valence-electron chi connectivity index (χ2n) is 7.92. The molecule has 12 heteroatoms. The van der Waals surface area contributed by atoms with Crippen LogP contribution in [-0.4, -0.2) is 70.8 Å². The van der Waals surface area contributed by atoms with Gasteiger partial charge in [0.1, 0.15) is 11.2 Å². The van der Waals surface area contributed by atoms with Crippen LogP contribution in [0.2, 0.25) is 0 Å². The number of nitrogens with one attached hydrogen (secondary N) is 1. The molecule has 0 radical (unpaired) electrons. The number of hydrogen-bond acceptors (Lipinski definition) is 8. The van der Waals surface area contributed by atoms with Crippen LogP contribution in [0.25, 0.3) is 0 Å². The third-order valence-corrected chi connectivity index (χ3v) is 8.49. The first-order valence-corrected chi connectivity index (χ1v) is 12.6. The Hall–Kier alpha value is -1.99. The maximum absolute atomic E-state index is 13.1. The van der Waals surface area contributed by atoms with Gasteiger partial charge in [0.05, 0.1) is 16.3 Å². The third kappa shape index (κ3) is 4.23. The van der Waals surface area contributed by atoms with Gasteiger partial charge < -0.3 is 14.6 Å². The van der Waals surface area contributed by atoms with Crippen molar-refractivity contribution in [2.75, 3.05) is 45.1 Å². The lowest BCUT2D eigenvalue weighted by Crippen LogP contribution is -2.32. The normalized spacial score (nSPS) is 23.0. The minimum absolute atomic E-state index is 0.0677. The second-order valence-corrected chi connectivity index (χ2v) is 11.4. The van der Waals surface area contributed by atoms with Crippen LogP contribution in [0.1, 0.15) is 5.69 Å². The monoisotopic (exact) mass is 455 g/mol. The Kier molecular flexibility index (Phi) is 5.62. The average molecular weight is 456 g/mol.